The van der Waals surface area contributed by atoms with Crippen LogP contribution in [0.2, 0.25) is 0 Å². The molecule has 0 unspecified atom stereocenters. The highest BCUT2D eigenvalue weighted by molar-refractivity contribution is 9.10. The molecule has 2 fully saturated rings. The largest absolute Gasteiger partial charge is 0.493 e. The average molecular weight is 453 g/mol. The third-order valence-electron chi connectivity index (χ3n) is 4.81. The fourth-order valence-corrected chi connectivity index (χ4v) is 4.40. The third kappa shape index (κ3) is 4.46. The lowest BCUT2D eigenvalue weighted by Crippen LogP contribution is -2.41. The lowest BCUT2D eigenvalue weighted by molar-refractivity contribution is -0.124. The standard InChI is InChI=1S/C20H25BrN2O3S/c1-3-25-17-12-18(26-4-2)15(21)10-13(17)11-16-19(24)23(20(27)22-16)14-8-6-5-7-9-14/h10-12,14H,3-9H2,1-2H3,(H,22,27). The van der Waals surface area contributed by atoms with Crippen molar-refractivity contribution < 1.29 is 14.3 Å². The minimum absolute atomic E-state index is 0.0562. The van der Waals surface area contributed by atoms with Gasteiger partial charge in [-0.3, -0.25) is 9.69 Å². The molecule has 1 aliphatic carbocycles. The van der Waals surface area contributed by atoms with Crippen molar-refractivity contribution in [3.63, 3.8) is 0 Å². The molecule has 1 N–H and O–H groups in total. The summed E-state index contributed by atoms with van der Waals surface area (Å²) >= 11 is 8.98. The van der Waals surface area contributed by atoms with Gasteiger partial charge in [0.2, 0.25) is 0 Å². The van der Waals surface area contributed by atoms with Crippen molar-refractivity contribution >= 4 is 45.2 Å². The van der Waals surface area contributed by atoms with E-state index in [4.69, 9.17) is 21.7 Å². The van der Waals surface area contributed by atoms with Crippen molar-refractivity contribution in [3.8, 4) is 11.5 Å². The number of ether oxygens (including phenoxy) is 2. The lowest BCUT2D eigenvalue weighted by atomic mass is 9.94. The molecular formula is C20H25BrN2O3S. The van der Waals surface area contributed by atoms with Crippen molar-refractivity contribution in [2.75, 3.05) is 13.2 Å². The van der Waals surface area contributed by atoms with Crippen LogP contribution in [-0.4, -0.2) is 35.2 Å². The third-order valence-corrected chi connectivity index (χ3v) is 5.73. The number of rotatable bonds is 6. The quantitative estimate of drug-likeness (QED) is 0.503. The van der Waals surface area contributed by atoms with Gasteiger partial charge in [-0.1, -0.05) is 19.3 Å². The molecule has 0 radical (unpaired) electrons. The SMILES string of the molecule is CCOc1cc(OCC)c(C=C2NC(=S)N(C3CCCCC3)C2=O)cc1Br. The van der Waals surface area contributed by atoms with Crippen LogP contribution >= 0.6 is 28.1 Å². The van der Waals surface area contributed by atoms with Crippen LogP contribution in [0, 0.1) is 0 Å². The van der Waals surface area contributed by atoms with Crippen molar-refractivity contribution in [2.45, 2.75) is 52.0 Å². The van der Waals surface area contributed by atoms with Gasteiger partial charge in [0.25, 0.3) is 5.91 Å². The molecule has 0 spiro atoms. The molecule has 1 amide bonds. The van der Waals surface area contributed by atoms with E-state index in [1.165, 1.54) is 6.42 Å². The van der Waals surface area contributed by atoms with Crippen molar-refractivity contribution in [2.24, 2.45) is 0 Å². The van der Waals surface area contributed by atoms with E-state index in [0.29, 0.717) is 35.5 Å². The highest BCUT2D eigenvalue weighted by Gasteiger charge is 2.36. The molecule has 146 valence electrons. The maximum Gasteiger partial charge on any atom is 0.276 e. The van der Waals surface area contributed by atoms with Crippen LogP contribution < -0.4 is 14.8 Å². The number of benzene rings is 1. The molecule has 27 heavy (non-hydrogen) atoms. The summed E-state index contributed by atoms with van der Waals surface area (Å²) in [5.74, 6) is 1.33. The molecular weight excluding hydrogens is 428 g/mol. The van der Waals surface area contributed by atoms with Gasteiger partial charge in [-0.05, 0) is 67.0 Å². The van der Waals surface area contributed by atoms with Gasteiger partial charge >= 0.3 is 0 Å². The van der Waals surface area contributed by atoms with Crippen LogP contribution in [0.5, 0.6) is 11.5 Å². The van der Waals surface area contributed by atoms with Gasteiger partial charge in [-0.15, -0.1) is 0 Å². The molecule has 2 aliphatic rings. The average Bonchev–Trinajstić information content (AvgIpc) is 2.93. The van der Waals surface area contributed by atoms with Gasteiger partial charge in [-0.2, -0.15) is 0 Å². The number of carbonyl (C=O) groups is 1. The summed E-state index contributed by atoms with van der Waals surface area (Å²) in [7, 11) is 0. The molecule has 1 saturated carbocycles. The van der Waals surface area contributed by atoms with Crippen molar-refractivity contribution in [3.05, 3.63) is 27.9 Å². The predicted octanol–water partition coefficient (Wildman–Crippen LogP) is 4.64. The first-order valence-corrected chi connectivity index (χ1v) is 10.7. The Labute approximate surface area is 174 Å². The highest BCUT2D eigenvalue weighted by atomic mass is 79.9. The van der Waals surface area contributed by atoms with E-state index in [1.54, 1.807) is 4.90 Å². The van der Waals surface area contributed by atoms with Gasteiger partial charge in [0.05, 0.1) is 17.7 Å². The van der Waals surface area contributed by atoms with Crippen LogP contribution in [-0.2, 0) is 4.79 Å². The number of nitrogens with zero attached hydrogens (tertiary/aromatic N) is 1. The smallest absolute Gasteiger partial charge is 0.276 e. The summed E-state index contributed by atoms with van der Waals surface area (Å²) in [6, 6.07) is 3.96. The van der Waals surface area contributed by atoms with Crippen molar-refractivity contribution in [1.82, 2.24) is 10.2 Å². The fourth-order valence-electron chi connectivity index (χ4n) is 3.58. The number of halogens is 1. The minimum atomic E-state index is -0.0562. The van der Waals surface area contributed by atoms with E-state index in [1.807, 2.05) is 32.1 Å². The molecule has 1 heterocycles. The molecule has 5 nitrogen and oxygen atoms in total. The maximum absolute atomic E-state index is 13.0. The zero-order valence-corrected chi connectivity index (χ0v) is 18.1. The molecule has 1 saturated heterocycles. The van der Waals surface area contributed by atoms with Gasteiger partial charge in [0.1, 0.15) is 17.2 Å². The number of amides is 1. The van der Waals surface area contributed by atoms with Gasteiger partial charge in [0, 0.05) is 17.7 Å². The second-order valence-corrected chi connectivity index (χ2v) is 7.88. The summed E-state index contributed by atoms with van der Waals surface area (Å²) in [5.41, 5.74) is 1.29. The fraction of sp³-hybridized carbons (Fsp3) is 0.500. The minimum Gasteiger partial charge on any atom is -0.493 e. The van der Waals surface area contributed by atoms with Gasteiger partial charge in [-0.25, -0.2) is 0 Å². The second kappa shape index (κ2) is 9.06. The summed E-state index contributed by atoms with van der Waals surface area (Å²) in [5, 5.41) is 3.60. The number of thiocarbonyl (C=S) groups is 1. The van der Waals surface area contributed by atoms with Gasteiger partial charge < -0.3 is 14.8 Å². The Hall–Kier alpha value is -1.60. The molecule has 1 aromatic rings. The number of hydrogen-bond donors (Lipinski definition) is 1. The highest BCUT2D eigenvalue weighted by Crippen LogP contribution is 2.35. The molecule has 7 heteroatoms. The topological polar surface area (TPSA) is 50.8 Å². The summed E-state index contributed by atoms with van der Waals surface area (Å²) in [6.07, 6.45) is 7.37. The Morgan fingerprint density at radius 1 is 1.19 bits per heavy atom. The predicted molar refractivity (Wildman–Crippen MR) is 114 cm³/mol. The molecule has 1 aliphatic heterocycles. The van der Waals surface area contributed by atoms with E-state index in [0.717, 1.165) is 35.7 Å². The first-order valence-electron chi connectivity index (χ1n) is 9.50. The van der Waals surface area contributed by atoms with E-state index in [9.17, 15) is 4.79 Å². The number of nitrogens with one attached hydrogen (secondary N) is 1. The van der Waals surface area contributed by atoms with Crippen LogP contribution in [0.25, 0.3) is 6.08 Å². The monoisotopic (exact) mass is 452 g/mol. The number of carbonyl (C=O) groups excluding carboxylic acids is 1. The Morgan fingerprint density at radius 2 is 1.85 bits per heavy atom. The number of hydrogen-bond acceptors (Lipinski definition) is 4. The van der Waals surface area contributed by atoms with Crippen LogP contribution in [0.3, 0.4) is 0 Å². The zero-order valence-electron chi connectivity index (χ0n) is 15.7. The Bertz CT molecular complexity index is 760. The molecule has 0 bridgehead atoms. The Kier molecular flexibility index (Phi) is 6.76. The Balaban J connectivity index is 1.90. The molecule has 0 atom stereocenters. The normalized spacial score (nSPS) is 19.5. The van der Waals surface area contributed by atoms with Crippen LogP contribution in [0.15, 0.2) is 22.3 Å². The van der Waals surface area contributed by atoms with E-state index >= 15 is 0 Å². The van der Waals surface area contributed by atoms with Crippen molar-refractivity contribution in [1.29, 1.82) is 0 Å². The van der Waals surface area contributed by atoms with E-state index in [-0.39, 0.29) is 11.9 Å². The second-order valence-electron chi connectivity index (χ2n) is 6.64. The first kappa shape index (κ1) is 20.1. The van der Waals surface area contributed by atoms with E-state index < -0.39 is 0 Å². The van der Waals surface area contributed by atoms with E-state index in [2.05, 4.69) is 21.2 Å². The van der Waals surface area contributed by atoms with Gasteiger partial charge in [0.15, 0.2) is 5.11 Å². The first-order chi connectivity index (χ1) is 13.0. The molecule has 3 rings (SSSR count). The lowest BCUT2D eigenvalue weighted by Gasteiger charge is -2.29. The summed E-state index contributed by atoms with van der Waals surface area (Å²) in [4.78, 5) is 14.7. The molecule has 0 aromatic heterocycles. The zero-order chi connectivity index (χ0) is 19.4. The summed E-state index contributed by atoms with van der Waals surface area (Å²) < 4.78 is 12.2. The summed E-state index contributed by atoms with van der Waals surface area (Å²) in [6.45, 7) is 4.95. The molecule has 1 aromatic carbocycles. The van der Waals surface area contributed by atoms with Crippen LogP contribution in [0.1, 0.15) is 51.5 Å². The van der Waals surface area contributed by atoms with Crippen LogP contribution in [0.4, 0.5) is 0 Å². The maximum atomic E-state index is 13.0. The Morgan fingerprint density at radius 3 is 2.52 bits per heavy atom.